The molecule has 4 atom stereocenters. The van der Waals surface area contributed by atoms with Gasteiger partial charge in [0.1, 0.15) is 10.6 Å². The van der Waals surface area contributed by atoms with Crippen LogP contribution in [0.15, 0.2) is 47.4 Å². The van der Waals surface area contributed by atoms with Crippen LogP contribution in [0.2, 0.25) is 0 Å². The number of nitrogens with zero attached hydrogens (tertiary/aromatic N) is 1. The minimum Gasteiger partial charge on any atom is -0.395 e. The second kappa shape index (κ2) is 11.2. The summed E-state index contributed by atoms with van der Waals surface area (Å²) in [5, 5.41) is 12.2. The van der Waals surface area contributed by atoms with Crippen LogP contribution < -0.4 is 5.32 Å². The average molecular weight is 671 g/mol. The minimum absolute atomic E-state index is 0.0280. The van der Waals surface area contributed by atoms with Gasteiger partial charge in [0.25, 0.3) is 0 Å². The van der Waals surface area contributed by atoms with Crippen LogP contribution in [-0.4, -0.2) is 68.3 Å². The van der Waals surface area contributed by atoms with Crippen LogP contribution >= 0.6 is 0 Å². The Morgan fingerprint density at radius 3 is 2.29 bits per heavy atom. The van der Waals surface area contributed by atoms with E-state index in [1.54, 1.807) is 0 Å². The van der Waals surface area contributed by atoms with Crippen LogP contribution in [0.4, 0.5) is 35.1 Å². The molecule has 0 bridgehead atoms. The molecule has 3 aliphatic rings. The smallest absolute Gasteiger partial charge is 0.395 e. The molecule has 16 heteroatoms. The van der Waals surface area contributed by atoms with E-state index in [2.05, 4.69) is 5.32 Å². The monoisotopic (exact) mass is 670 g/mol. The van der Waals surface area contributed by atoms with Gasteiger partial charge in [0.2, 0.25) is 11.8 Å². The van der Waals surface area contributed by atoms with Crippen LogP contribution in [0.5, 0.6) is 0 Å². The van der Waals surface area contributed by atoms with Crippen molar-refractivity contribution in [2.45, 2.75) is 65.8 Å². The van der Waals surface area contributed by atoms with Crippen LogP contribution in [0.1, 0.15) is 45.1 Å². The number of carbonyl (C=O) groups is 2. The van der Waals surface area contributed by atoms with Gasteiger partial charge in [0, 0.05) is 37.0 Å². The van der Waals surface area contributed by atoms with Crippen molar-refractivity contribution in [3.63, 3.8) is 0 Å². The van der Waals surface area contributed by atoms with E-state index in [0.29, 0.717) is 6.07 Å². The Hall–Kier alpha value is -3.27. The summed E-state index contributed by atoms with van der Waals surface area (Å²) in [6.07, 6.45) is -13.8. The van der Waals surface area contributed by atoms with Gasteiger partial charge in [-0.05, 0) is 61.1 Å². The van der Waals surface area contributed by atoms with Crippen molar-refractivity contribution >= 4 is 21.7 Å². The molecule has 1 aliphatic heterocycles. The third-order valence-corrected chi connectivity index (χ3v) is 11.7. The first-order valence-electron chi connectivity index (χ1n) is 14.8. The first-order valence-corrected chi connectivity index (χ1v) is 15.3. The fourth-order valence-corrected chi connectivity index (χ4v) is 9.51. The van der Waals surface area contributed by atoms with E-state index in [1.807, 2.05) is 0 Å². The molecule has 2 fully saturated rings. The molecule has 2 aromatic carbocycles. The number of alkyl halides is 7. The van der Waals surface area contributed by atoms with E-state index < -0.39 is 91.7 Å². The highest BCUT2D eigenvalue weighted by molar-refractivity contribution is 7.92. The summed E-state index contributed by atoms with van der Waals surface area (Å²) in [6.45, 7) is -3.66. The number of aryl methyl sites for hydroxylation is 1. The van der Waals surface area contributed by atoms with E-state index in [9.17, 15) is 58.2 Å². The molecule has 1 unspecified atom stereocenters. The predicted octanol–water partition coefficient (Wildman–Crippen LogP) is 4.47. The van der Waals surface area contributed by atoms with Gasteiger partial charge in [0.05, 0.1) is 20.1 Å². The van der Waals surface area contributed by atoms with Crippen molar-refractivity contribution in [2.75, 3.05) is 19.6 Å². The second-order valence-corrected chi connectivity index (χ2v) is 13.7. The number of halogens is 8. The number of hydrogen-bond acceptors (Lipinski definition) is 5. The van der Waals surface area contributed by atoms with Gasteiger partial charge in [0.15, 0.2) is 9.84 Å². The molecule has 0 spiro atoms. The Kier molecular flexibility index (Phi) is 7.57. The van der Waals surface area contributed by atoms with Gasteiger partial charge < -0.3 is 15.3 Å². The Morgan fingerprint density at radius 1 is 1.04 bits per heavy atom. The first kappa shape index (κ1) is 30.4. The fourth-order valence-electron chi connectivity index (χ4n) is 7.04. The van der Waals surface area contributed by atoms with Gasteiger partial charge >= 0.3 is 18.0 Å². The third kappa shape index (κ3) is 5.17. The predicted molar refractivity (Wildman–Crippen MR) is 141 cm³/mol. The number of carbonyl (C=O) groups excluding carboxylic acids is 2. The number of fused-ring (bicyclic) bond motifs is 3. The molecular formula is C29H28F8N2O5S. The topological polar surface area (TPSA) is 104 Å². The zero-order valence-corrected chi connectivity index (χ0v) is 24.0. The molecular weight excluding hydrogens is 640 g/mol. The first-order chi connectivity index (χ1) is 21.5. The second-order valence-electron chi connectivity index (χ2n) is 11.5. The van der Waals surface area contributed by atoms with Crippen molar-refractivity contribution in [2.24, 2.45) is 11.8 Å². The van der Waals surface area contributed by atoms with Crippen molar-refractivity contribution in [3.05, 3.63) is 65.0 Å². The standard InChI is InChI=1S/C29H28F8N2O5S/c30-19-3-5-20(6-4-19)45(43,44)26-10-9-23(38-25(42)17-14-24(41)39(15-17)11-12-40)22(26)7-1-16-13-18(2-8-21(16)26)27(31,28(32,33)34)29(35,36)37/h2-6,8,13,17,22-23,40H,1,7,9-12,14-15H2,(H,38,42)/t17?,22-,23+,26+/m0/s1/i12D2. The summed E-state index contributed by atoms with van der Waals surface area (Å²) in [7, 11) is -4.61. The van der Waals surface area contributed by atoms with Crippen LogP contribution in [-0.2, 0) is 36.3 Å². The van der Waals surface area contributed by atoms with Crippen molar-refractivity contribution in [1.29, 1.82) is 0 Å². The SMILES string of the molecule is [2H]C([2H])(O)CN1CC(C(=O)N[C@@H]2CC[C@@]3(S(=O)(=O)c4ccc(F)cc4)c4ccc(C(F)(C(F)(F)F)C(F)(F)F)cc4CC[C@@H]23)CC1=O. The van der Waals surface area contributed by atoms with Crippen molar-refractivity contribution in [3.8, 4) is 0 Å². The Balaban J connectivity index is 1.55. The minimum atomic E-state index is -6.39. The van der Waals surface area contributed by atoms with Crippen LogP contribution in [0.25, 0.3) is 0 Å². The summed E-state index contributed by atoms with van der Waals surface area (Å²) in [5.74, 6) is -4.06. The number of amides is 2. The number of rotatable bonds is 7. The van der Waals surface area contributed by atoms with E-state index in [1.165, 1.54) is 0 Å². The van der Waals surface area contributed by atoms with E-state index in [4.69, 9.17) is 2.74 Å². The van der Waals surface area contributed by atoms with Gasteiger partial charge in [-0.15, -0.1) is 0 Å². The number of likely N-dealkylation sites (tertiary alicyclic amines) is 1. The lowest BCUT2D eigenvalue weighted by atomic mass is 9.74. The highest BCUT2D eigenvalue weighted by Gasteiger charge is 2.73. The lowest BCUT2D eigenvalue weighted by Gasteiger charge is -2.43. The fraction of sp³-hybridized carbons (Fsp3) is 0.517. The number of nitrogens with one attached hydrogen (secondary N) is 1. The Bertz CT molecular complexity index is 1670. The molecule has 5 rings (SSSR count). The lowest BCUT2D eigenvalue weighted by Crippen LogP contribution is -2.51. The van der Waals surface area contributed by atoms with Crippen molar-refractivity contribution < 1.29 is 61.0 Å². The molecule has 2 amide bonds. The largest absolute Gasteiger partial charge is 0.435 e. The molecule has 1 saturated carbocycles. The highest BCUT2D eigenvalue weighted by Crippen LogP contribution is 2.59. The number of benzene rings is 2. The molecule has 45 heavy (non-hydrogen) atoms. The summed E-state index contributed by atoms with van der Waals surface area (Å²) >= 11 is 0. The summed E-state index contributed by atoms with van der Waals surface area (Å²) < 4.78 is 151. The van der Waals surface area contributed by atoms with E-state index in [0.717, 1.165) is 35.2 Å². The highest BCUT2D eigenvalue weighted by atomic mass is 32.2. The molecule has 0 aromatic heterocycles. The van der Waals surface area contributed by atoms with Gasteiger partial charge in [-0.3, -0.25) is 9.59 Å². The van der Waals surface area contributed by atoms with Gasteiger partial charge in [-0.25, -0.2) is 17.2 Å². The molecule has 7 nitrogen and oxygen atoms in total. The molecule has 1 saturated heterocycles. The van der Waals surface area contributed by atoms with E-state index in [-0.39, 0.29) is 55.8 Å². The zero-order chi connectivity index (χ0) is 35.0. The quantitative estimate of drug-likeness (QED) is 0.335. The van der Waals surface area contributed by atoms with Gasteiger partial charge in [-0.2, -0.15) is 26.3 Å². The normalized spacial score (nSPS) is 26.6. The lowest BCUT2D eigenvalue weighted by molar-refractivity contribution is -0.348. The Morgan fingerprint density at radius 2 is 1.69 bits per heavy atom. The molecule has 0 radical (unpaired) electrons. The summed E-state index contributed by atoms with van der Waals surface area (Å²) in [4.78, 5) is 26.2. The molecule has 2 aromatic rings. The summed E-state index contributed by atoms with van der Waals surface area (Å²) in [6, 6.07) is 4.11. The summed E-state index contributed by atoms with van der Waals surface area (Å²) in [5.41, 5.74) is -7.95. The van der Waals surface area contributed by atoms with Crippen LogP contribution in [0.3, 0.4) is 0 Å². The maximum Gasteiger partial charge on any atom is 0.435 e. The number of aliphatic hydroxyl groups is 1. The number of sulfone groups is 1. The number of hydrogen-bond donors (Lipinski definition) is 2. The van der Waals surface area contributed by atoms with Crippen LogP contribution in [0, 0.1) is 17.7 Å². The molecule has 2 N–H and O–H groups in total. The van der Waals surface area contributed by atoms with E-state index >= 15 is 0 Å². The molecule has 246 valence electrons. The maximum absolute atomic E-state index is 15.0. The maximum atomic E-state index is 15.0. The average Bonchev–Trinajstić information content (AvgIpc) is 3.51. The zero-order valence-electron chi connectivity index (χ0n) is 25.2. The van der Waals surface area contributed by atoms with Crippen molar-refractivity contribution in [1.82, 2.24) is 10.2 Å². The van der Waals surface area contributed by atoms with Gasteiger partial charge in [-0.1, -0.05) is 18.2 Å². The third-order valence-electron chi connectivity index (χ3n) is 9.15. The Labute approximate surface area is 255 Å². The number of β-amino-alcohol motifs (C(OH)–C–C–N with tert-alkyl or cyclic N) is 1. The molecule has 2 aliphatic carbocycles. The molecule has 1 heterocycles.